The normalized spacial score (nSPS) is 11.2. The van der Waals surface area contributed by atoms with Crippen LogP contribution in [0.1, 0.15) is 12.5 Å². The smallest absolute Gasteiger partial charge is 0.0502 e. The monoisotopic (exact) mass is 196 g/mol. The third kappa shape index (κ3) is 5.02. The Hall–Kier alpha value is -0.390. The van der Waals surface area contributed by atoms with Crippen LogP contribution in [0.5, 0.6) is 0 Å². The van der Waals surface area contributed by atoms with E-state index in [1.165, 1.54) is 17.9 Å². The average Bonchev–Trinajstić information content (AvgIpc) is 2.19. The molecular formula is C11H17OP. The summed E-state index contributed by atoms with van der Waals surface area (Å²) in [4.78, 5) is 0. The first kappa shape index (κ1) is 10.7. The van der Waals surface area contributed by atoms with Gasteiger partial charge in [0.05, 0.1) is 6.61 Å². The van der Waals surface area contributed by atoms with E-state index in [0.29, 0.717) is 0 Å². The van der Waals surface area contributed by atoms with Crippen LogP contribution in [-0.2, 0) is 10.9 Å². The van der Waals surface area contributed by atoms with Gasteiger partial charge < -0.3 is 4.74 Å². The maximum absolute atomic E-state index is 5.28. The Bertz CT molecular complexity index is 211. The van der Waals surface area contributed by atoms with Crippen LogP contribution in [-0.4, -0.2) is 19.4 Å². The second-order valence-corrected chi connectivity index (χ2v) is 4.21. The molecule has 0 aliphatic rings. The molecule has 0 spiro atoms. The molecule has 1 rings (SSSR count). The summed E-state index contributed by atoms with van der Waals surface area (Å²) in [7, 11) is 0.995. The lowest BCUT2D eigenvalue weighted by Crippen LogP contribution is -1.94. The van der Waals surface area contributed by atoms with E-state index in [1.54, 1.807) is 0 Å². The van der Waals surface area contributed by atoms with E-state index in [4.69, 9.17) is 4.74 Å². The highest BCUT2D eigenvalue weighted by Gasteiger charge is 1.91. The molecule has 13 heavy (non-hydrogen) atoms. The molecular weight excluding hydrogens is 179 g/mol. The molecule has 1 aromatic rings. The maximum atomic E-state index is 5.28. The quantitative estimate of drug-likeness (QED) is 0.502. The van der Waals surface area contributed by atoms with Gasteiger partial charge in [-0.05, 0) is 24.8 Å². The maximum Gasteiger partial charge on any atom is 0.0502 e. The Morgan fingerprint density at radius 3 is 2.69 bits per heavy atom. The summed E-state index contributed by atoms with van der Waals surface area (Å²) < 4.78 is 5.28. The predicted octanol–water partition coefficient (Wildman–Crippen LogP) is 2.90. The minimum absolute atomic E-state index is 0.843. The largest absolute Gasteiger partial charge is 0.381 e. The fraction of sp³-hybridized carbons (Fsp3) is 0.455. The molecule has 1 aromatic carbocycles. The van der Waals surface area contributed by atoms with Gasteiger partial charge >= 0.3 is 0 Å². The molecule has 2 heteroatoms. The lowest BCUT2D eigenvalue weighted by molar-refractivity contribution is 0.164. The molecule has 1 nitrogen and oxygen atoms in total. The van der Waals surface area contributed by atoms with Crippen molar-refractivity contribution in [3.8, 4) is 0 Å². The SMILES string of the molecule is CCOCCPCc1ccccc1. The summed E-state index contributed by atoms with van der Waals surface area (Å²) in [6.07, 6.45) is 2.40. The van der Waals surface area contributed by atoms with Crippen LogP contribution in [0.4, 0.5) is 0 Å². The topological polar surface area (TPSA) is 9.23 Å². The summed E-state index contributed by atoms with van der Waals surface area (Å²) in [6.45, 7) is 3.80. The van der Waals surface area contributed by atoms with Gasteiger partial charge in [-0.1, -0.05) is 30.3 Å². The van der Waals surface area contributed by atoms with Gasteiger partial charge in [0, 0.05) is 6.61 Å². The Labute approximate surface area is 82.3 Å². The van der Waals surface area contributed by atoms with Crippen LogP contribution >= 0.6 is 8.58 Å². The van der Waals surface area contributed by atoms with Gasteiger partial charge in [-0.15, -0.1) is 8.58 Å². The van der Waals surface area contributed by atoms with Crippen LogP contribution in [0.15, 0.2) is 30.3 Å². The number of benzene rings is 1. The summed E-state index contributed by atoms with van der Waals surface area (Å²) in [5.41, 5.74) is 1.44. The van der Waals surface area contributed by atoms with Crippen molar-refractivity contribution in [1.82, 2.24) is 0 Å². The minimum Gasteiger partial charge on any atom is -0.381 e. The zero-order chi connectivity index (χ0) is 9.36. The molecule has 0 bridgehead atoms. The molecule has 0 N–H and O–H groups in total. The fourth-order valence-electron chi connectivity index (χ4n) is 1.12. The predicted molar refractivity (Wildman–Crippen MR) is 59.8 cm³/mol. The van der Waals surface area contributed by atoms with Crippen molar-refractivity contribution >= 4 is 8.58 Å². The number of hydrogen-bond donors (Lipinski definition) is 0. The Morgan fingerprint density at radius 1 is 1.23 bits per heavy atom. The van der Waals surface area contributed by atoms with Crippen molar-refractivity contribution < 1.29 is 4.74 Å². The average molecular weight is 196 g/mol. The lowest BCUT2D eigenvalue weighted by Gasteiger charge is -2.01. The number of hydrogen-bond acceptors (Lipinski definition) is 1. The van der Waals surface area contributed by atoms with E-state index in [1.807, 2.05) is 6.92 Å². The molecule has 0 saturated carbocycles. The van der Waals surface area contributed by atoms with Gasteiger partial charge in [0.1, 0.15) is 0 Å². The molecule has 1 atom stereocenters. The first-order valence-corrected chi connectivity index (χ1v) is 6.17. The van der Waals surface area contributed by atoms with Crippen LogP contribution < -0.4 is 0 Å². The van der Waals surface area contributed by atoms with Crippen molar-refractivity contribution in [3.05, 3.63) is 35.9 Å². The first-order valence-electron chi connectivity index (χ1n) is 4.76. The van der Waals surface area contributed by atoms with Gasteiger partial charge in [-0.3, -0.25) is 0 Å². The summed E-state index contributed by atoms with van der Waals surface area (Å²) >= 11 is 0. The molecule has 0 heterocycles. The lowest BCUT2D eigenvalue weighted by atomic mass is 10.2. The molecule has 1 unspecified atom stereocenters. The first-order chi connectivity index (χ1) is 6.43. The van der Waals surface area contributed by atoms with Crippen LogP contribution in [0.25, 0.3) is 0 Å². The van der Waals surface area contributed by atoms with Gasteiger partial charge in [0.25, 0.3) is 0 Å². The van der Waals surface area contributed by atoms with Crippen molar-refractivity contribution in [1.29, 1.82) is 0 Å². The van der Waals surface area contributed by atoms with Crippen LogP contribution in [0.3, 0.4) is 0 Å². The molecule has 0 aromatic heterocycles. The number of ether oxygens (including phenoxy) is 1. The van der Waals surface area contributed by atoms with Gasteiger partial charge in [-0.25, -0.2) is 0 Å². The third-order valence-corrected chi connectivity index (χ3v) is 3.02. The summed E-state index contributed by atoms with van der Waals surface area (Å²) in [5, 5.41) is 0. The highest BCUT2D eigenvalue weighted by Crippen LogP contribution is 2.17. The Kier molecular flexibility index (Phi) is 5.80. The van der Waals surface area contributed by atoms with E-state index >= 15 is 0 Å². The molecule has 0 fully saturated rings. The zero-order valence-electron chi connectivity index (χ0n) is 8.12. The van der Waals surface area contributed by atoms with E-state index in [-0.39, 0.29) is 0 Å². The molecule has 0 aliphatic heterocycles. The van der Waals surface area contributed by atoms with Crippen LogP contribution in [0, 0.1) is 0 Å². The van der Waals surface area contributed by atoms with E-state index in [0.717, 1.165) is 21.8 Å². The summed E-state index contributed by atoms with van der Waals surface area (Å²) in [6, 6.07) is 10.6. The summed E-state index contributed by atoms with van der Waals surface area (Å²) in [5.74, 6) is 0. The number of rotatable bonds is 6. The van der Waals surface area contributed by atoms with Crippen molar-refractivity contribution in [3.63, 3.8) is 0 Å². The standard InChI is InChI=1S/C11H17OP/c1-2-12-8-9-13-10-11-6-4-3-5-7-11/h3-7,13H,2,8-10H2,1H3. The Balaban J connectivity index is 2.07. The molecule has 0 saturated heterocycles. The van der Waals surface area contributed by atoms with Crippen molar-refractivity contribution in [2.24, 2.45) is 0 Å². The van der Waals surface area contributed by atoms with E-state index in [9.17, 15) is 0 Å². The van der Waals surface area contributed by atoms with E-state index < -0.39 is 0 Å². The fourth-order valence-corrected chi connectivity index (χ4v) is 2.11. The highest BCUT2D eigenvalue weighted by atomic mass is 31.1. The minimum atomic E-state index is 0.843. The second kappa shape index (κ2) is 7.06. The van der Waals surface area contributed by atoms with Crippen molar-refractivity contribution in [2.75, 3.05) is 19.4 Å². The van der Waals surface area contributed by atoms with Gasteiger partial charge in [0.15, 0.2) is 0 Å². The zero-order valence-corrected chi connectivity index (χ0v) is 9.12. The molecule has 0 aliphatic carbocycles. The molecule has 0 radical (unpaired) electrons. The van der Waals surface area contributed by atoms with Crippen LogP contribution in [0.2, 0.25) is 0 Å². The second-order valence-electron chi connectivity index (χ2n) is 2.86. The molecule has 0 amide bonds. The highest BCUT2D eigenvalue weighted by molar-refractivity contribution is 7.37. The van der Waals surface area contributed by atoms with E-state index in [2.05, 4.69) is 30.3 Å². The van der Waals surface area contributed by atoms with Gasteiger partial charge in [0.2, 0.25) is 0 Å². The van der Waals surface area contributed by atoms with Gasteiger partial charge in [-0.2, -0.15) is 0 Å². The van der Waals surface area contributed by atoms with Crippen molar-refractivity contribution in [2.45, 2.75) is 13.1 Å². The third-order valence-electron chi connectivity index (χ3n) is 1.80. The Morgan fingerprint density at radius 2 is 2.00 bits per heavy atom. The molecule has 72 valence electrons.